The molecule has 0 saturated heterocycles. The Balaban J connectivity index is 1.23. The number of aromatic nitrogens is 2. The van der Waals surface area contributed by atoms with Gasteiger partial charge in [-0.25, -0.2) is 0 Å². The minimum atomic E-state index is 0.627. The molecule has 2 saturated carbocycles. The maximum atomic E-state index is 5.65. The summed E-state index contributed by atoms with van der Waals surface area (Å²) in [7, 11) is 0. The monoisotopic (exact) mass is 390 g/mol. The number of anilines is 2. The first-order chi connectivity index (χ1) is 14.3. The van der Waals surface area contributed by atoms with Crippen LogP contribution in [0.15, 0.2) is 45.4 Å². The quantitative estimate of drug-likeness (QED) is 0.601. The highest BCUT2D eigenvalue weighted by Gasteiger charge is 2.29. The summed E-state index contributed by atoms with van der Waals surface area (Å²) >= 11 is 0. The summed E-state index contributed by atoms with van der Waals surface area (Å²) in [5.41, 5.74) is 4.75. The molecule has 6 heteroatoms. The van der Waals surface area contributed by atoms with E-state index < -0.39 is 0 Å². The maximum absolute atomic E-state index is 5.65. The van der Waals surface area contributed by atoms with Crippen molar-refractivity contribution < 1.29 is 9.05 Å². The van der Waals surface area contributed by atoms with E-state index in [1.54, 1.807) is 0 Å². The Morgan fingerprint density at radius 3 is 1.69 bits per heavy atom. The molecule has 29 heavy (non-hydrogen) atoms. The van der Waals surface area contributed by atoms with Crippen LogP contribution in [0.4, 0.5) is 11.4 Å². The van der Waals surface area contributed by atoms with E-state index in [0.717, 1.165) is 55.5 Å². The number of benzene rings is 1. The van der Waals surface area contributed by atoms with Crippen molar-refractivity contribution in [2.45, 2.75) is 57.0 Å². The molecule has 0 N–H and O–H groups in total. The number of nitrogens with zero attached hydrogens (tertiary/aromatic N) is 4. The Labute approximate surface area is 170 Å². The highest BCUT2D eigenvalue weighted by Crippen LogP contribution is 2.41. The van der Waals surface area contributed by atoms with Crippen LogP contribution in [0.5, 0.6) is 0 Å². The van der Waals surface area contributed by atoms with Crippen LogP contribution in [-0.4, -0.2) is 23.4 Å². The first-order valence-electron chi connectivity index (χ1n) is 10.8. The van der Waals surface area contributed by atoms with E-state index >= 15 is 0 Å². The van der Waals surface area contributed by atoms with Crippen molar-refractivity contribution in [1.29, 1.82) is 0 Å². The zero-order chi connectivity index (χ0) is 19.2. The Morgan fingerprint density at radius 2 is 1.24 bits per heavy atom. The van der Waals surface area contributed by atoms with E-state index in [1.807, 2.05) is 0 Å². The van der Waals surface area contributed by atoms with Gasteiger partial charge in [0.05, 0.1) is 35.9 Å². The van der Waals surface area contributed by atoms with Gasteiger partial charge in [0, 0.05) is 37.1 Å². The third-order valence-corrected chi connectivity index (χ3v) is 6.26. The molecule has 0 amide bonds. The average Bonchev–Trinajstić information content (AvgIpc) is 3.68. The summed E-state index contributed by atoms with van der Waals surface area (Å²) in [5.74, 6) is 3.17. The van der Waals surface area contributed by atoms with Gasteiger partial charge in [0.15, 0.2) is 11.5 Å². The molecule has 2 aromatic heterocycles. The second-order valence-corrected chi connectivity index (χ2v) is 8.67. The Morgan fingerprint density at radius 1 is 0.759 bits per heavy atom. The van der Waals surface area contributed by atoms with Gasteiger partial charge in [-0.1, -0.05) is 22.4 Å². The predicted octanol–water partition coefficient (Wildman–Crippen LogP) is 4.83. The van der Waals surface area contributed by atoms with E-state index in [4.69, 9.17) is 9.05 Å². The summed E-state index contributed by atoms with van der Waals surface area (Å²) in [6.07, 6.45) is 6.08. The lowest BCUT2D eigenvalue weighted by molar-refractivity contribution is 0.374. The second kappa shape index (κ2) is 6.94. The third kappa shape index (κ3) is 3.52. The molecular weight excluding hydrogens is 364 g/mol. The van der Waals surface area contributed by atoms with Crippen molar-refractivity contribution in [2.24, 2.45) is 0 Å². The summed E-state index contributed by atoms with van der Waals surface area (Å²) in [4.78, 5) is 4.84. The van der Waals surface area contributed by atoms with Gasteiger partial charge in [0.2, 0.25) is 0 Å². The van der Waals surface area contributed by atoms with Gasteiger partial charge >= 0.3 is 0 Å². The minimum Gasteiger partial charge on any atom is -0.362 e. The SMILES string of the molecule is c1ccc2c(c1)N(Cc1cc(C3CC3)no1)CCCN2Cc1cc(C2CC2)no1. The van der Waals surface area contributed by atoms with Gasteiger partial charge in [-0.2, -0.15) is 0 Å². The van der Waals surface area contributed by atoms with Gasteiger partial charge in [-0.05, 0) is 44.2 Å². The first-order valence-corrected chi connectivity index (χ1v) is 10.8. The molecule has 150 valence electrons. The molecular formula is C23H26N4O2. The highest BCUT2D eigenvalue weighted by atomic mass is 16.5. The normalized spacial score (nSPS) is 19.3. The fourth-order valence-corrected chi connectivity index (χ4v) is 4.35. The van der Waals surface area contributed by atoms with Crippen molar-refractivity contribution in [3.63, 3.8) is 0 Å². The van der Waals surface area contributed by atoms with E-state index in [-0.39, 0.29) is 0 Å². The predicted molar refractivity (Wildman–Crippen MR) is 110 cm³/mol. The smallest absolute Gasteiger partial charge is 0.156 e. The molecule has 3 heterocycles. The van der Waals surface area contributed by atoms with Crippen molar-refractivity contribution in [2.75, 3.05) is 22.9 Å². The molecule has 0 bridgehead atoms. The molecule has 2 aliphatic carbocycles. The highest BCUT2D eigenvalue weighted by molar-refractivity contribution is 5.72. The maximum Gasteiger partial charge on any atom is 0.156 e. The first kappa shape index (κ1) is 17.1. The number of fused-ring (bicyclic) bond motifs is 1. The van der Waals surface area contributed by atoms with Gasteiger partial charge in [-0.3, -0.25) is 0 Å². The van der Waals surface area contributed by atoms with Gasteiger partial charge < -0.3 is 18.8 Å². The standard InChI is InChI=1S/C23H26N4O2/c1-2-5-23-22(4-1)26(14-18-12-20(24-28-18)16-6-7-16)10-3-11-27(23)15-19-13-21(25-29-19)17-8-9-17/h1-2,4-5,12-13,16-17H,3,6-11,14-15H2. The molecule has 2 fully saturated rings. The third-order valence-electron chi connectivity index (χ3n) is 6.26. The van der Waals surface area contributed by atoms with Crippen molar-refractivity contribution in [3.8, 4) is 0 Å². The second-order valence-electron chi connectivity index (χ2n) is 8.67. The van der Waals surface area contributed by atoms with Gasteiger partial charge in [0.25, 0.3) is 0 Å². The van der Waals surface area contributed by atoms with Crippen LogP contribution < -0.4 is 9.80 Å². The van der Waals surface area contributed by atoms with Crippen LogP contribution in [0.25, 0.3) is 0 Å². The number of para-hydroxylation sites is 2. The van der Waals surface area contributed by atoms with E-state index in [1.165, 1.54) is 37.1 Å². The molecule has 3 aromatic rings. The Bertz CT molecular complexity index is 922. The fourth-order valence-electron chi connectivity index (χ4n) is 4.35. The molecule has 0 spiro atoms. The lowest BCUT2D eigenvalue weighted by atomic mass is 10.2. The van der Waals surface area contributed by atoms with Crippen molar-refractivity contribution in [3.05, 3.63) is 59.3 Å². The van der Waals surface area contributed by atoms with E-state index in [9.17, 15) is 0 Å². The van der Waals surface area contributed by atoms with Gasteiger partial charge in [0.1, 0.15) is 0 Å². The molecule has 0 unspecified atom stereocenters. The molecule has 6 nitrogen and oxygen atoms in total. The molecule has 6 rings (SSSR count). The lowest BCUT2D eigenvalue weighted by Crippen LogP contribution is -2.23. The van der Waals surface area contributed by atoms with Crippen molar-refractivity contribution >= 4 is 11.4 Å². The number of hydrogen-bond acceptors (Lipinski definition) is 6. The fraction of sp³-hybridized carbons (Fsp3) is 0.478. The van der Waals surface area contributed by atoms with Crippen molar-refractivity contribution in [1.82, 2.24) is 10.3 Å². The largest absolute Gasteiger partial charge is 0.362 e. The topological polar surface area (TPSA) is 58.5 Å². The van der Waals surface area contributed by atoms with Crippen LogP contribution in [0.2, 0.25) is 0 Å². The van der Waals surface area contributed by atoms with E-state index in [2.05, 4.69) is 56.5 Å². The molecule has 1 aliphatic heterocycles. The lowest BCUT2D eigenvalue weighted by Gasteiger charge is -2.26. The van der Waals surface area contributed by atoms with Crippen LogP contribution >= 0.6 is 0 Å². The van der Waals surface area contributed by atoms with Crippen LogP contribution in [0, 0.1) is 0 Å². The summed E-state index contributed by atoms with van der Waals surface area (Å²) in [5, 5.41) is 8.57. The zero-order valence-corrected chi connectivity index (χ0v) is 16.6. The zero-order valence-electron chi connectivity index (χ0n) is 16.6. The van der Waals surface area contributed by atoms with Crippen LogP contribution in [0.3, 0.4) is 0 Å². The summed E-state index contributed by atoms with van der Waals surface area (Å²) in [6, 6.07) is 13.0. The van der Waals surface area contributed by atoms with E-state index in [0.29, 0.717) is 11.8 Å². The average molecular weight is 390 g/mol. The summed E-state index contributed by atoms with van der Waals surface area (Å²) in [6.45, 7) is 3.52. The molecule has 0 atom stereocenters. The summed E-state index contributed by atoms with van der Waals surface area (Å²) < 4.78 is 11.3. The Kier molecular flexibility index (Phi) is 4.10. The minimum absolute atomic E-state index is 0.627. The number of hydrogen-bond donors (Lipinski definition) is 0. The molecule has 3 aliphatic rings. The number of rotatable bonds is 6. The van der Waals surface area contributed by atoms with Crippen LogP contribution in [0.1, 0.15) is 66.8 Å². The van der Waals surface area contributed by atoms with Gasteiger partial charge in [-0.15, -0.1) is 0 Å². The molecule has 0 radical (unpaired) electrons. The Hall–Kier alpha value is -2.76. The molecule has 1 aromatic carbocycles. The van der Waals surface area contributed by atoms with Crippen LogP contribution in [-0.2, 0) is 13.1 Å².